The first-order valence-electron chi connectivity index (χ1n) is 6.20. The Hall–Kier alpha value is -1.40. The predicted molar refractivity (Wildman–Crippen MR) is 71.3 cm³/mol. The maximum absolute atomic E-state index is 12.1. The minimum atomic E-state index is -0.770. The molecule has 104 valence electrons. The van der Waals surface area contributed by atoms with E-state index in [2.05, 4.69) is 5.32 Å². The summed E-state index contributed by atoms with van der Waals surface area (Å²) in [5.41, 5.74) is 0.873. The molecule has 1 aromatic heterocycles. The van der Waals surface area contributed by atoms with Crippen LogP contribution in [0.5, 0.6) is 0 Å². The van der Waals surface area contributed by atoms with Crippen LogP contribution in [0.25, 0.3) is 0 Å². The highest BCUT2D eigenvalue weighted by atomic mass is 32.1. The van der Waals surface area contributed by atoms with Gasteiger partial charge in [-0.1, -0.05) is 0 Å². The summed E-state index contributed by atoms with van der Waals surface area (Å²) >= 11 is 1.38. The number of rotatable bonds is 5. The van der Waals surface area contributed by atoms with Crippen molar-refractivity contribution in [3.63, 3.8) is 0 Å². The van der Waals surface area contributed by atoms with E-state index in [0.717, 1.165) is 12.0 Å². The molecule has 5 nitrogen and oxygen atoms in total. The lowest BCUT2D eigenvalue weighted by Gasteiger charge is -2.12. The summed E-state index contributed by atoms with van der Waals surface area (Å²) in [6.07, 6.45) is 1.88. The van der Waals surface area contributed by atoms with Crippen LogP contribution in [0.15, 0.2) is 11.4 Å². The summed E-state index contributed by atoms with van der Waals surface area (Å²) in [4.78, 5) is 23.7. The fourth-order valence-electron chi connectivity index (χ4n) is 2.39. The molecule has 0 spiro atoms. The summed E-state index contributed by atoms with van der Waals surface area (Å²) in [5.74, 6) is -1.22. The van der Waals surface area contributed by atoms with Crippen molar-refractivity contribution >= 4 is 23.2 Å². The first-order chi connectivity index (χ1) is 9.11. The molecule has 2 rings (SSSR count). The van der Waals surface area contributed by atoms with Crippen molar-refractivity contribution in [2.75, 3.05) is 7.11 Å². The molecule has 1 fully saturated rings. The summed E-state index contributed by atoms with van der Waals surface area (Å²) in [5, 5.41) is 13.7. The number of carboxylic acid groups (broad SMARTS) is 1. The SMILES string of the molecule is COCc1ccsc1C(=O)N[C@@H]1CC[C@H](C(=O)O)C1. The first-order valence-corrected chi connectivity index (χ1v) is 7.08. The van der Waals surface area contributed by atoms with Crippen LogP contribution in [-0.4, -0.2) is 30.1 Å². The Balaban J connectivity index is 1.94. The molecule has 0 radical (unpaired) electrons. The molecule has 0 aliphatic heterocycles. The van der Waals surface area contributed by atoms with E-state index in [9.17, 15) is 9.59 Å². The highest BCUT2D eigenvalue weighted by molar-refractivity contribution is 7.12. The van der Waals surface area contributed by atoms with E-state index in [0.29, 0.717) is 24.3 Å². The standard InChI is InChI=1S/C13H17NO4S/c1-18-7-9-4-5-19-11(9)12(15)14-10-3-2-8(6-10)13(16)17/h4-5,8,10H,2-3,6-7H2,1H3,(H,14,15)(H,16,17)/t8-,10+/m0/s1. The van der Waals surface area contributed by atoms with Gasteiger partial charge in [0.2, 0.25) is 0 Å². The normalized spacial score (nSPS) is 22.4. The van der Waals surface area contributed by atoms with Crippen molar-refractivity contribution in [2.45, 2.75) is 31.9 Å². The molecule has 1 aliphatic rings. The molecule has 1 saturated carbocycles. The van der Waals surface area contributed by atoms with E-state index in [1.54, 1.807) is 7.11 Å². The Morgan fingerprint density at radius 3 is 2.95 bits per heavy atom. The molecule has 6 heteroatoms. The van der Waals surface area contributed by atoms with Gasteiger partial charge in [-0.05, 0) is 30.7 Å². The predicted octanol–water partition coefficient (Wildman–Crippen LogP) is 1.88. The third kappa shape index (κ3) is 3.33. The summed E-state index contributed by atoms with van der Waals surface area (Å²) < 4.78 is 5.04. The lowest BCUT2D eigenvalue weighted by molar-refractivity contribution is -0.141. The topological polar surface area (TPSA) is 75.6 Å². The minimum Gasteiger partial charge on any atom is -0.481 e. The summed E-state index contributed by atoms with van der Waals surface area (Å²) in [6, 6.07) is 1.84. The van der Waals surface area contributed by atoms with Gasteiger partial charge in [0.1, 0.15) is 0 Å². The molecule has 0 aromatic carbocycles. The average molecular weight is 283 g/mol. The quantitative estimate of drug-likeness (QED) is 0.865. The number of carbonyl (C=O) groups is 2. The van der Waals surface area contributed by atoms with Crippen LogP contribution in [0.2, 0.25) is 0 Å². The van der Waals surface area contributed by atoms with Crippen LogP contribution in [0.4, 0.5) is 0 Å². The van der Waals surface area contributed by atoms with Crippen molar-refractivity contribution in [2.24, 2.45) is 5.92 Å². The van der Waals surface area contributed by atoms with Gasteiger partial charge in [0.25, 0.3) is 5.91 Å². The number of carbonyl (C=O) groups excluding carboxylic acids is 1. The number of nitrogens with one attached hydrogen (secondary N) is 1. The number of ether oxygens (including phenoxy) is 1. The Morgan fingerprint density at radius 1 is 1.53 bits per heavy atom. The Labute approximate surface area is 115 Å². The van der Waals surface area contributed by atoms with Gasteiger partial charge in [-0.3, -0.25) is 9.59 Å². The zero-order chi connectivity index (χ0) is 13.8. The van der Waals surface area contributed by atoms with E-state index in [4.69, 9.17) is 9.84 Å². The van der Waals surface area contributed by atoms with Gasteiger partial charge in [0, 0.05) is 18.7 Å². The zero-order valence-corrected chi connectivity index (χ0v) is 11.5. The zero-order valence-electron chi connectivity index (χ0n) is 10.7. The van der Waals surface area contributed by atoms with Gasteiger partial charge in [0.15, 0.2) is 0 Å². The van der Waals surface area contributed by atoms with Crippen molar-refractivity contribution in [3.05, 3.63) is 21.9 Å². The van der Waals surface area contributed by atoms with E-state index in [1.165, 1.54) is 11.3 Å². The van der Waals surface area contributed by atoms with E-state index >= 15 is 0 Å². The van der Waals surface area contributed by atoms with Gasteiger partial charge >= 0.3 is 5.97 Å². The molecule has 0 unspecified atom stereocenters. The third-order valence-electron chi connectivity index (χ3n) is 3.37. The molecule has 0 saturated heterocycles. The van der Waals surface area contributed by atoms with Crippen LogP contribution in [0.1, 0.15) is 34.5 Å². The van der Waals surface area contributed by atoms with Crippen LogP contribution in [-0.2, 0) is 16.1 Å². The lowest BCUT2D eigenvalue weighted by atomic mass is 10.1. The first kappa shape index (κ1) is 14.0. The number of thiophene rings is 1. The number of amides is 1. The van der Waals surface area contributed by atoms with Gasteiger partial charge in [-0.25, -0.2) is 0 Å². The molecule has 1 amide bonds. The number of aliphatic carboxylic acids is 1. The Bertz CT molecular complexity index is 471. The fraction of sp³-hybridized carbons (Fsp3) is 0.538. The number of methoxy groups -OCH3 is 1. The van der Waals surface area contributed by atoms with Crippen LogP contribution >= 0.6 is 11.3 Å². The molecule has 0 bridgehead atoms. The Kier molecular flexibility index (Phi) is 4.55. The molecule has 1 heterocycles. The maximum atomic E-state index is 12.1. The number of carboxylic acids is 1. The highest BCUT2D eigenvalue weighted by Gasteiger charge is 2.31. The molecule has 1 aliphatic carbocycles. The minimum absolute atomic E-state index is 0.0360. The van der Waals surface area contributed by atoms with Gasteiger partial charge in [-0.15, -0.1) is 11.3 Å². The van der Waals surface area contributed by atoms with Crippen LogP contribution in [0, 0.1) is 5.92 Å². The average Bonchev–Trinajstić information content (AvgIpc) is 2.98. The fourth-order valence-corrected chi connectivity index (χ4v) is 3.20. The van der Waals surface area contributed by atoms with Gasteiger partial charge in [0.05, 0.1) is 17.4 Å². The highest BCUT2D eigenvalue weighted by Crippen LogP contribution is 2.26. The van der Waals surface area contributed by atoms with Gasteiger partial charge in [-0.2, -0.15) is 0 Å². The molecule has 2 atom stereocenters. The van der Waals surface area contributed by atoms with E-state index < -0.39 is 5.97 Å². The molecule has 2 N–H and O–H groups in total. The third-order valence-corrected chi connectivity index (χ3v) is 4.33. The molecule has 1 aromatic rings. The van der Waals surface area contributed by atoms with Crippen LogP contribution < -0.4 is 5.32 Å². The largest absolute Gasteiger partial charge is 0.481 e. The number of hydrogen-bond donors (Lipinski definition) is 2. The van der Waals surface area contributed by atoms with Crippen molar-refractivity contribution < 1.29 is 19.4 Å². The second-order valence-electron chi connectivity index (χ2n) is 4.73. The summed E-state index contributed by atoms with van der Waals surface area (Å²) in [6.45, 7) is 0.411. The summed E-state index contributed by atoms with van der Waals surface area (Å²) in [7, 11) is 1.59. The van der Waals surface area contributed by atoms with E-state index in [-0.39, 0.29) is 17.9 Å². The van der Waals surface area contributed by atoms with Crippen molar-refractivity contribution in [1.29, 1.82) is 0 Å². The van der Waals surface area contributed by atoms with Gasteiger partial charge < -0.3 is 15.2 Å². The smallest absolute Gasteiger partial charge is 0.306 e. The second kappa shape index (κ2) is 6.16. The maximum Gasteiger partial charge on any atom is 0.306 e. The number of hydrogen-bond acceptors (Lipinski definition) is 4. The van der Waals surface area contributed by atoms with Crippen molar-refractivity contribution in [3.8, 4) is 0 Å². The molecule has 19 heavy (non-hydrogen) atoms. The van der Waals surface area contributed by atoms with E-state index in [1.807, 2.05) is 11.4 Å². The van der Waals surface area contributed by atoms with Crippen LogP contribution in [0.3, 0.4) is 0 Å². The molecular formula is C13H17NO4S. The lowest BCUT2D eigenvalue weighted by Crippen LogP contribution is -2.33. The Morgan fingerprint density at radius 2 is 2.32 bits per heavy atom. The monoisotopic (exact) mass is 283 g/mol. The second-order valence-corrected chi connectivity index (χ2v) is 5.64. The van der Waals surface area contributed by atoms with Crippen molar-refractivity contribution in [1.82, 2.24) is 5.32 Å². The molecular weight excluding hydrogens is 266 g/mol.